The Morgan fingerprint density at radius 3 is 1.49 bits per heavy atom. The van der Waals surface area contributed by atoms with Gasteiger partial charge in [-0.15, -0.1) is 0 Å². The van der Waals surface area contributed by atoms with Crippen LogP contribution in [0.3, 0.4) is 0 Å². The summed E-state index contributed by atoms with van der Waals surface area (Å²) in [5, 5.41) is 9.09. The number of aliphatic hydroxyl groups excluding tert-OH is 1. The van der Waals surface area contributed by atoms with Gasteiger partial charge in [-0.25, -0.2) is 8.42 Å². The van der Waals surface area contributed by atoms with Crippen LogP contribution in [0.15, 0.2) is 5.51 Å². The quantitative estimate of drug-likeness (QED) is 0.0700. The topological polar surface area (TPSA) is 81.3 Å². The molecule has 0 unspecified atom stereocenters. The number of aromatic nitrogens is 1. The van der Waals surface area contributed by atoms with Gasteiger partial charge in [0.1, 0.15) is 6.54 Å². The Hall–Kier alpha value is -0.710. The first-order valence-electron chi connectivity index (χ1n) is 14.1. The molecule has 1 aromatic heterocycles. The molecule has 10 heteroatoms. The normalized spacial score (nSPS) is 12.0. The van der Waals surface area contributed by atoms with Gasteiger partial charge in [-0.2, -0.15) is 17.7 Å². The zero-order chi connectivity index (χ0) is 28.0. The van der Waals surface area contributed by atoms with Crippen LogP contribution in [-0.2, 0) is 23.1 Å². The van der Waals surface area contributed by atoms with Gasteiger partial charge in [0, 0.05) is 26.4 Å². The van der Waals surface area contributed by atoms with E-state index in [-0.39, 0.29) is 6.61 Å². The van der Waals surface area contributed by atoms with Crippen LogP contribution in [0.1, 0.15) is 133 Å². The highest BCUT2D eigenvalue weighted by atomic mass is 32.2. The molecular weight excluding hydrogens is 523 g/mol. The van der Waals surface area contributed by atoms with E-state index in [1.165, 1.54) is 126 Å². The zero-order valence-electron chi connectivity index (χ0n) is 23.0. The van der Waals surface area contributed by atoms with E-state index in [1.54, 1.807) is 11.3 Å². The van der Waals surface area contributed by atoms with Gasteiger partial charge in [0.15, 0.2) is 15.8 Å². The van der Waals surface area contributed by atoms with Crippen LogP contribution >= 0.6 is 11.3 Å². The maximum Gasteiger partial charge on any atom is 0.485 e. The van der Waals surface area contributed by atoms with Crippen molar-refractivity contribution < 1.29 is 35.8 Å². The average molecular weight is 574 g/mol. The molecule has 0 saturated carbocycles. The number of aryl methyl sites for hydroxylation is 1. The first kappa shape index (κ1) is 36.3. The molecule has 1 heterocycles. The Morgan fingerprint density at radius 1 is 0.811 bits per heavy atom. The van der Waals surface area contributed by atoms with Crippen molar-refractivity contribution in [2.45, 2.75) is 148 Å². The van der Waals surface area contributed by atoms with E-state index in [0.29, 0.717) is 0 Å². The fraction of sp³-hybridized carbons (Fsp3) is 0.889. The van der Waals surface area contributed by atoms with Gasteiger partial charge < -0.3 is 9.66 Å². The van der Waals surface area contributed by atoms with Crippen molar-refractivity contribution in [1.82, 2.24) is 0 Å². The van der Waals surface area contributed by atoms with Crippen molar-refractivity contribution in [1.29, 1.82) is 0 Å². The lowest BCUT2D eigenvalue weighted by atomic mass is 10.0. The van der Waals surface area contributed by atoms with Crippen LogP contribution in [0.2, 0.25) is 0 Å². The summed E-state index contributed by atoms with van der Waals surface area (Å²) in [6, 6.07) is 0. The molecule has 0 aliphatic rings. The number of hydrogen-bond donors (Lipinski definition) is 1. The second-order valence-corrected chi connectivity index (χ2v) is 12.1. The van der Waals surface area contributed by atoms with Crippen molar-refractivity contribution in [3.8, 4) is 0 Å². The minimum absolute atomic E-state index is 0.264. The van der Waals surface area contributed by atoms with E-state index in [9.17, 15) is 13.2 Å². The standard InChI is InChI=1S/C26H50NOS.CHF3O3S/c1-3-4-5-6-7-8-9-10-11-12-13-14-15-16-17-18-19-20-22-27-24-29-26(21-23-28)25(27)2;2-1(3,4)8(5,6)7/h24,28H,3-23H2,1-2H3;(H,5,6,7)/q+1;/p-1. The summed E-state index contributed by atoms with van der Waals surface area (Å²) in [5.74, 6) is 0. The van der Waals surface area contributed by atoms with Crippen molar-refractivity contribution >= 4 is 21.5 Å². The molecule has 0 atom stereocenters. The Balaban J connectivity index is 0.00000139. The number of unbranched alkanes of at least 4 members (excludes halogenated alkanes) is 17. The van der Waals surface area contributed by atoms with Crippen LogP contribution in [0.5, 0.6) is 0 Å². The minimum Gasteiger partial charge on any atom is -0.741 e. The number of nitrogens with zero attached hydrogens (tertiary/aromatic N) is 1. The Bertz CT molecular complexity index is 768. The van der Waals surface area contributed by atoms with Gasteiger partial charge in [0.25, 0.3) is 0 Å². The summed E-state index contributed by atoms with van der Waals surface area (Å²) in [5.41, 5.74) is -2.06. The second kappa shape index (κ2) is 22.1. The summed E-state index contributed by atoms with van der Waals surface area (Å²) in [4.78, 5) is 1.34. The zero-order valence-corrected chi connectivity index (χ0v) is 24.6. The van der Waals surface area contributed by atoms with E-state index in [0.717, 1.165) is 13.0 Å². The van der Waals surface area contributed by atoms with Crippen molar-refractivity contribution in [2.75, 3.05) is 6.61 Å². The number of rotatable bonds is 21. The second-order valence-electron chi connectivity index (χ2n) is 9.81. The van der Waals surface area contributed by atoms with Gasteiger partial charge in [0.2, 0.25) is 5.51 Å². The predicted molar refractivity (Wildman–Crippen MR) is 145 cm³/mol. The van der Waals surface area contributed by atoms with E-state index in [1.807, 2.05) is 0 Å². The molecule has 0 fully saturated rings. The molecule has 1 N–H and O–H groups in total. The molecule has 0 aliphatic carbocycles. The molecule has 5 nitrogen and oxygen atoms in total. The first-order valence-corrected chi connectivity index (χ1v) is 16.4. The van der Waals surface area contributed by atoms with E-state index in [4.69, 9.17) is 18.1 Å². The molecule has 0 aromatic carbocycles. The summed E-state index contributed by atoms with van der Waals surface area (Å²) in [7, 11) is -6.09. The fourth-order valence-corrected chi connectivity index (χ4v) is 5.21. The molecule has 1 rings (SSSR count). The Morgan fingerprint density at radius 2 is 1.16 bits per heavy atom. The van der Waals surface area contributed by atoms with Crippen LogP contribution < -0.4 is 4.57 Å². The summed E-state index contributed by atoms with van der Waals surface area (Å²) < 4.78 is 61.3. The summed E-state index contributed by atoms with van der Waals surface area (Å²) in [6.07, 6.45) is 26.6. The van der Waals surface area contributed by atoms with Crippen molar-refractivity contribution in [3.05, 3.63) is 16.1 Å². The molecule has 37 heavy (non-hydrogen) atoms. The summed E-state index contributed by atoms with van der Waals surface area (Å²) >= 11 is 1.79. The number of hydrogen-bond acceptors (Lipinski definition) is 5. The van der Waals surface area contributed by atoms with Gasteiger partial charge in [-0.1, -0.05) is 121 Å². The summed E-state index contributed by atoms with van der Waals surface area (Å²) in [6.45, 7) is 5.90. The highest BCUT2D eigenvalue weighted by Gasteiger charge is 2.36. The molecule has 0 radical (unpaired) electrons. The molecule has 220 valence electrons. The molecule has 0 saturated heterocycles. The molecular formula is C27H50F3NO4S2. The van der Waals surface area contributed by atoms with Crippen LogP contribution in [0.25, 0.3) is 0 Å². The molecule has 0 amide bonds. The molecule has 1 aromatic rings. The van der Waals surface area contributed by atoms with Crippen LogP contribution in [-0.4, -0.2) is 30.2 Å². The highest BCUT2D eigenvalue weighted by Crippen LogP contribution is 2.20. The maximum absolute atomic E-state index is 10.7. The first-order chi connectivity index (χ1) is 17.5. The Kier molecular flexibility index (Phi) is 21.7. The number of alkyl halides is 3. The molecule has 0 bridgehead atoms. The lowest BCUT2D eigenvalue weighted by molar-refractivity contribution is -0.698. The molecule has 0 aliphatic heterocycles. The third-order valence-corrected chi connectivity index (χ3v) is 8.24. The van der Waals surface area contributed by atoms with E-state index in [2.05, 4.69) is 23.9 Å². The number of aliphatic hydroxyl groups is 1. The van der Waals surface area contributed by atoms with Gasteiger partial charge in [0.05, 0.1) is 4.88 Å². The van der Waals surface area contributed by atoms with E-state index < -0.39 is 15.6 Å². The average Bonchev–Trinajstić information content (AvgIpc) is 3.17. The SMILES string of the molecule is CCCCCCCCCCCCCCCCCCCC[n+]1csc(CCO)c1C.O=S(=O)([O-])C(F)(F)F. The largest absolute Gasteiger partial charge is 0.741 e. The number of thiazole rings is 1. The van der Waals surface area contributed by atoms with Crippen LogP contribution in [0, 0.1) is 6.92 Å². The molecule has 0 spiro atoms. The van der Waals surface area contributed by atoms with E-state index >= 15 is 0 Å². The van der Waals surface area contributed by atoms with Gasteiger partial charge in [-0.3, -0.25) is 0 Å². The Labute approximate surface area is 227 Å². The van der Waals surface area contributed by atoms with Gasteiger partial charge >= 0.3 is 5.51 Å². The lowest BCUT2D eigenvalue weighted by Crippen LogP contribution is -2.34. The third kappa shape index (κ3) is 19.9. The predicted octanol–water partition coefficient (Wildman–Crippen LogP) is 7.97. The minimum atomic E-state index is -6.09. The van der Waals surface area contributed by atoms with Gasteiger partial charge in [-0.05, 0) is 6.42 Å². The number of halogens is 3. The van der Waals surface area contributed by atoms with Crippen molar-refractivity contribution in [3.63, 3.8) is 0 Å². The third-order valence-electron chi connectivity index (χ3n) is 6.53. The van der Waals surface area contributed by atoms with Crippen LogP contribution in [0.4, 0.5) is 13.2 Å². The fourth-order valence-electron chi connectivity index (χ4n) is 4.20. The smallest absolute Gasteiger partial charge is 0.485 e. The maximum atomic E-state index is 10.7. The highest BCUT2D eigenvalue weighted by molar-refractivity contribution is 7.86. The monoisotopic (exact) mass is 573 g/mol. The lowest BCUT2D eigenvalue weighted by Gasteiger charge is -2.08. The van der Waals surface area contributed by atoms with Crippen molar-refractivity contribution in [2.24, 2.45) is 0 Å².